The van der Waals surface area contributed by atoms with Crippen molar-refractivity contribution < 1.29 is 9.53 Å². The lowest BCUT2D eigenvalue weighted by Crippen LogP contribution is -2.16. The molecule has 1 aromatic carbocycles. The summed E-state index contributed by atoms with van der Waals surface area (Å²) in [5.74, 6) is -0.102. The first-order valence-corrected chi connectivity index (χ1v) is 5.90. The van der Waals surface area contributed by atoms with Gasteiger partial charge in [-0.15, -0.1) is 0 Å². The lowest BCUT2D eigenvalue weighted by atomic mass is 10.1. The van der Waals surface area contributed by atoms with Crippen LogP contribution in [0.25, 0.3) is 0 Å². The Morgan fingerprint density at radius 3 is 2.44 bits per heavy atom. The molecule has 0 aliphatic rings. The van der Waals surface area contributed by atoms with Crippen molar-refractivity contribution in [2.45, 2.75) is 39.7 Å². The zero-order valence-electron chi connectivity index (χ0n) is 10.3. The second-order valence-electron chi connectivity index (χ2n) is 4.18. The van der Waals surface area contributed by atoms with Gasteiger partial charge in [0.15, 0.2) is 0 Å². The molecule has 0 fully saturated rings. The van der Waals surface area contributed by atoms with Crippen LogP contribution in [0.4, 0.5) is 0 Å². The van der Waals surface area contributed by atoms with Crippen molar-refractivity contribution in [1.82, 2.24) is 0 Å². The van der Waals surface area contributed by atoms with Crippen LogP contribution in [0.2, 0.25) is 0 Å². The van der Waals surface area contributed by atoms with Gasteiger partial charge in [0, 0.05) is 0 Å². The minimum atomic E-state index is -0.159. The average Bonchev–Trinajstić information content (AvgIpc) is 2.30. The van der Waals surface area contributed by atoms with Gasteiger partial charge >= 0.3 is 5.97 Å². The highest BCUT2D eigenvalue weighted by molar-refractivity contribution is 5.72. The Morgan fingerprint density at radius 2 is 1.88 bits per heavy atom. The van der Waals surface area contributed by atoms with Gasteiger partial charge in [-0.2, -0.15) is 0 Å². The van der Waals surface area contributed by atoms with Crippen LogP contribution in [0.5, 0.6) is 0 Å². The number of esters is 1. The Hall–Kier alpha value is -1.31. The molecule has 2 atom stereocenters. The van der Waals surface area contributed by atoms with E-state index in [0.29, 0.717) is 0 Å². The molecule has 1 rings (SSSR count). The van der Waals surface area contributed by atoms with E-state index in [4.69, 9.17) is 4.74 Å². The Morgan fingerprint density at radius 1 is 1.25 bits per heavy atom. The van der Waals surface area contributed by atoms with Gasteiger partial charge in [0.2, 0.25) is 0 Å². The minimum Gasteiger partial charge on any atom is -0.458 e. The summed E-state index contributed by atoms with van der Waals surface area (Å²) in [4.78, 5) is 11.7. The van der Waals surface area contributed by atoms with Gasteiger partial charge in [-0.05, 0) is 18.9 Å². The Bertz CT molecular complexity index is 319. The quantitative estimate of drug-likeness (QED) is 0.707. The smallest absolute Gasteiger partial charge is 0.309 e. The number of hydrogen-bond donors (Lipinski definition) is 0. The summed E-state index contributed by atoms with van der Waals surface area (Å²) < 4.78 is 5.41. The van der Waals surface area contributed by atoms with Crippen molar-refractivity contribution in [3.8, 4) is 0 Å². The number of carbonyl (C=O) groups is 1. The lowest BCUT2D eigenvalue weighted by molar-refractivity contribution is -0.153. The van der Waals surface area contributed by atoms with Crippen LogP contribution < -0.4 is 0 Å². The summed E-state index contributed by atoms with van der Waals surface area (Å²) in [5.41, 5.74) is 1.04. The van der Waals surface area contributed by atoms with Gasteiger partial charge in [0.1, 0.15) is 6.10 Å². The predicted molar refractivity (Wildman–Crippen MR) is 65.0 cm³/mol. The Labute approximate surface area is 97.6 Å². The summed E-state index contributed by atoms with van der Waals surface area (Å²) in [6.45, 7) is 5.90. The molecule has 0 spiro atoms. The molecule has 0 N–H and O–H groups in total. The maximum Gasteiger partial charge on any atom is 0.309 e. The maximum atomic E-state index is 11.7. The summed E-state index contributed by atoms with van der Waals surface area (Å²) >= 11 is 0. The van der Waals surface area contributed by atoms with Crippen molar-refractivity contribution in [2.24, 2.45) is 5.92 Å². The van der Waals surface area contributed by atoms with Gasteiger partial charge < -0.3 is 4.74 Å². The van der Waals surface area contributed by atoms with Gasteiger partial charge in [-0.25, -0.2) is 0 Å². The summed E-state index contributed by atoms with van der Waals surface area (Å²) in [7, 11) is 0. The second-order valence-corrected chi connectivity index (χ2v) is 4.18. The largest absolute Gasteiger partial charge is 0.458 e. The normalized spacial score (nSPS) is 14.2. The predicted octanol–water partition coefficient (Wildman–Crippen LogP) is 3.73. The highest BCUT2D eigenvalue weighted by Crippen LogP contribution is 2.19. The molecule has 16 heavy (non-hydrogen) atoms. The van der Waals surface area contributed by atoms with E-state index in [0.717, 1.165) is 18.4 Å². The van der Waals surface area contributed by atoms with Crippen molar-refractivity contribution in [3.05, 3.63) is 35.9 Å². The van der Waals surface area contributed by atoms with Crippen molar-refractivity contribution in [2.75, 3.05) is 0 Å². The molecule has 0 amide bonds. The van der Waals surface area contributed by atoms with E-state index in [9.17, 15) is 4.79 Å². The van der Waals surface area contributed by atoms with Crippen LogP contribution >= 0.6 is 0 Å². The standard InChI is InChI=1S/C14H20O2/c1-4-8-11(2)14(15)16-12(3)13-9-6-5-7-10-13/h5-7,9-12H,4,8H2,1-3H3. The van der Waals surface area contributed by atoms with Crippen LogP contribution in [0.3, 0.4) is 0 Å². The molecule has 2 nitrogen and oxygen atoms in total. The number of rotatable bonds is 5. The monoisotopic (exact) mass is 220 g/mol. The van der Waals surface area contributed by atoms with Crippen LogP contribution in [0.15, 0.2) is 30.3 Å². The van der Waals surface area contributed by atoms with Gasteiger partial charge in [-0.1, -0.05) is 50.6 Å². The van der Waals surface area contributed by atoms with E-state index < -0.39 is 0 Å². The second kappa shape index (κ2) is 6.31. The fourth-order valence-corrected chi connectivity index (χ4v) is 1.63. The molecular formula is C14H20O2. The van der Waals surface area contributed by atoms with Crippen molar-refractivity contribution >= 4 is 5.97 Å². The fourth-order valence-electron chi connectivity index (χ4n) is 1.63. The Kier molecular flexibility index (Phi) is 5.03. The summed E-state index contributed by atoms with van der Waals surface area (Å²) in [6.07, 6.45) is 1.74. The third-order valence-corrected chi connectivity index (χ3v) is 2.69. The highest BCUT2D eigenvalue weighted by Gasteiger charge is 2.17. The molecule has 0 aromatic heterocycles. The molecule has 0 saturated heterocycles. The molecule has 0 aliphatic heterocycles. The first-order chi connectivity index (χ1) is 7.65. The van der Waals surface area contributed by atoms with Gasteiger partial charge in [0.05, 0.1) is 5.92 Å². The molecule has 2 unspecified atom stereocenters. The summed E-state index contributed by atoms with van der Waals surface area (Å²) in [6, 6.07) is 9.81. The molecule has 2 heteroatoms. The minimum absolute atomic E-state index is 0.00355. The van der Waals surface area contributed by atoms with Gasteiger partial charge in [-0.3, -0.25) is 4.79 Å². The molecule has 0 aliphatic carbocycles. The first kappa shape index (κ1) is 12.8. The SMILES string of the molecule is CCCC(C)C(=O)OC(C)c1ccccc1. The average molecular weight is 220 g/mol. The third-order valence-electron chi connectivity index (χ3n) is 2.69. The highest BCUT2D eigenvalue weighted by atomic mass is 16.5. The summed E-state index contributed by atoms with van der Waals surface area (Å²) in [5, 5.41) is 0. The van der Waals surface area contributed by atoms with E-state index in [1.807, 2.05) is 44.2 Å². The molecule has 1 aromatic rings. The molecule has 0 bridgehead atoms. The molecule has 0 saturated carbocycles. The maximum absolute atomic E-state index is 11.7. The number of ether oxygens (including phenoxy) is 1. The van der Waals surface area contributed by atoms with E-state index in [2.05, 4.69) is 6.92 Å². The van der Waals surface area contributed by atoms with Crippen molar-refractivity contribution in [1.29, 1.82) is 0 Å². The zero-order valence-corrected chi connectivity index (χ0v) is 10.3. The molecule has 0 heterocycles. The Balaban J connectivity index is 2.51. The van der Waals surface area contributed by atoms with Crippen LogP contribution in [0.1, 0.15) is 45.3 Å². The van der Waals surface area contributed by atoms with Crippen LogP contribution in [-0.4, -0.2) is 5.97 Å². The van der Waals surface area contributed by atoms with Crippen LogP contribution in [0, 0.1) is 5.92 Å². The van der Waals surface area contributed by atoms with E-state index in [-0.39, 0.29) is 18.0 Å². The molecule has 88 valence electrons. The lowest BCUT2D eigenvalue weighted by Gasteiger charge is -2.16. The van der Waals surface area contributed by atoms with Crippen LogP contribution in [-0.2, 0) is 9.53 Å². The van der Waals surface area contributed by atoms with Gasteiger partial charge in [0.25, 0.3) is 0 Å². The first-order valence-electron chi connectivity index (χ1n) is 5.90. The molecular weight excluding hydrogens is 200 g/mol. The van der Waals surface area contributed by atoms with Crippen molar-refractivity contribution in [3.63, 3.8) is 0 Å². The topological polar surface area (TPSA) is 26.3 Å². The number of benzene rings is 1. The third kappa shape index (κ3) is 3.69. The molecule has 0 radical (unpaired) electrons. The number of carbonyl (C=O) groups excluding carboxylic acids is 1. The van der Waals surface area contributed by atoms with E-state index >= 15 is 0 Å². The zero-order chi connectivity index (χ0) is 12.0. The number of hydrogen-bond acceptors (Lipinski definition) is 2. The van der Waals surface area contributed by atoms with E-state index in [1.54, 1.807) is 0 Å². The van der Waals surface area contributed by atoms with E-state index in [1.165, 1.54) is 0 Å². The fraction of sp³-hybridized carbons (Fsp3) is 0.500.